The van der Waals surface area contributed by atoms with Crippen molar-refractivity contribution < 1.29 is 26.7 Å². The van der Waals surface area contributed by atoms with Crippen LogP contribution in [-0.4, -0.2) is 25.5 Å². The van der Waals surface area contributed by atoms with Crippen LogP contribution < -0.4 is 15.8 Å². The van der Waals surface area contributed by atoms with Crippen LogP contribution in [0.15, 0.2) is 12.1 Å². The number of nitrogens with two attached hydrogens (primary N) is 1. The fourth-order valence-electron chi connectivity index (χ4n) is 1.28. The van der Waals surface area contributed by atoms with E-state index >= 15 is 0 Å². The summed E-state index contributed by atoms with van der Waals surface area (Å²) in [6.45, 7) is 0.452. The normalized spacial score (nSPS) is 11.7. The monoisotopic (exact) mass is 284 g/mol. The van der Waals surface area contributed by atoms with Gasteiger partial charge >= 0.3 is 12.3 Å². The molecule has 1 aromatic rings. The van der Waals surface area contributed by atoms with Gasteiger partial charge in [-0.05, 0) is 6.92 Å². The first kappa shape index (κ1) is 15.3. The van der Waals surface area contributed by atoms with Gasteiger partial charge in [-0.25, -0.2) is 13.2 Å². The molecule has 0 spiro atoms. The standard InChI is InChI=1S/C11H13F5N2O/c1-2-19-9-4-8(7(17)3-6(9)12)18-5-11(15,16)10(13)14/h3-4,10,18H,2,5,17H2,1H3. The number of nitrogens with one attached hydrogen (secondary N) is 1. The predicted molar refractivity (Wildman–Crippen MR) is 61.4 cm³/mol. The van der Waals surface area contributed by atoms with Gasteiger partial charge in [0.05, 0.1) is 24.5 Å². The lowest BCUT2D eigenvalue weighted by atomic mass is 10.2. The zero-order chi connectivity index (χ0) is 14.6. The summed E-state index contributed by atoms with van der Waals surface area (Å²) in [4.78, 5) is 0. The maximum atomic E-state index is 13.3. The van der Waals surface area contributed by atoms with E-state index in [4.69, 9.17) is 10.5 Å². The van der Waals surface area contributed by atoms with Crippen LogP contribution in [0, 0.1) is 5.82 Å². The van der Waals surface area contributed by atoms with Crippen molar-refractivity contribution in [2.24, 2.45) is 0 Å². The molecule has 0 aliphatic heterocycles. The maximum Gasteiger partial charge on any atom is 0.324 e. The molecule has 0 fully saturated rings. The molecule has 0 aliphatic carbocycles. The number of benzene rings is 1. The van der Waals surface area contributed by atoms with Crippen LogP contribution in [0.3, 0.4) is 0 Å². The van der Waals surface area contributed by atoms with Crippen molar-refractivity contribution in [3.05, 3.63) is 17.9 Å². The van der Waals surface area contributed by atoms with Crippen molar-refractivity contribution in [1.29, 1.82) is 0 Å². The van der Waals surface area contributed by atoms with E-state index in [1.165, 1.54) is 0 Å². The molecule has 0 heterocycles. The van der Waals surface area contributed by atoms with Crippen molar-refractivity contribution in [3.8, 4) is 5.75 Å². The summed E-state index contributed by atoms with van der Waals surface area (Å²) in [6.07, 6.45) is -3.80. The fraction of sp³-hybridized carbons (Fsp3) is 0.455. The van der Waals surface area contributed by atoms with Crippen LogP contribution in [0.1, 0.15) is 6.92 Å². The Balaban J connectivity index is 2.86. The summed E-state index contributed by atoms with van der Waals surface area (Å²) in [5, 5.41) is 2.06. The predicted octanol–water partition coefficient (Wildman–Crippen LogP) is 3.12. The Morgan fingerprint density at radius 2 is 2.00 bits per heavy atom. The van der Waals surface area contributed by atoms with Gasteiger partial charge in [-0.2, -0.15) is 8.78 Å². The Morgan fingerprint density at radius 3 is 2.53 bits per heavy atom. The number of hydrogen-bond donors (Lipinski definition) is 2. The number of hydrogen-bond acceptors (Lipinski definition) is 3. The highest BCUT2D eigenvalue weighted by atomic mass is 19.3. The molecule has 0 atom stereocenters. The van der Waals surface area contributed by atoms with Crippen LogP contribution in [0.25, 0.3) is 0 Å². The molecule has 0 radical (unpaired) electrons. The van der Waals surface area contributed by atoms with Crippen LogP contribution in [-0.2, 0) is 0 Å². The SMILES string of the molecule is CCOc1cc(NCC(F)(F)C(F)F)c(N)cc1F. The van der Waals surface area contributed by atoms with E-state index in [-0.39, 0.29) is 23.7 Å². The summed E-state index contributed by atoms with van der Waals surface area (Å²) in [5.41, 5.74) is 5.13. The van der Waals surface area contributed by atoms with E-state index in [0.29, 0.717) is 0 Å². The van der Waals surface area contributed by atoms with Crippen molar-refractivity contribution in [2.75, 3.05) is 24.2 Å². The third-order valence-corrected chi connectivity index (χ3v) is 2.24. The molecule has 0 aliphatic rings. The minimum atomic E-state index is -4.20. The van der Waals surface area contributed by atoms with E-state index in [9.17, 15) is 22.0 Å². The molecule has 108 valence electrons. The summed E-state index contributed by atoms with van der Waals surface area (Å²) >= 11 is 0. The molecule has 8 heteroatoms. The second kappa shape index (κ2) is 5.94. The van der Waals surface area contributed by atoms with Gasteiger partial charge in [0.25, 0.3) is 0 Å². The lowest BCUT2D eigenvalue weighted by Gasteiger charge is -2.18. The first-order valence-corrected chi connectivity index (χ1v) is 5.39. The first-order chi connectivity index (χ1) is 8.77. The molecule has 19 heavy (non-hydrogen) atoms. The minimum absolute atomic E-state index is 0.0924. The molecular weight excluding hydrogens is 271 g/mol. The Bertz CT molecular complexity index is 439. The molecule has 0 aromatic heterocycles. The van der Waals surface area contributed by atoms with Gasteiger partial charge in [-0.15, -0.1) is 0 Å². The van der Waals surface area contributed by atoms with E-state index in [1.54, 1.807) is 6.92 Å². The molecule has 3 N–H and O–H groups in total. The zero-order valence-electron chi connectivity index (χ0n) is 10.0. The van der Waals surface area contributed by atoms with E-state index in [0.717, 1.165) is 12.1 Å². The Labute approximate surface area is 106 Å². The quantitative estimate of drug-likeness (QED) is 0.623. The van der Waals surface area contributed by atoms with Crippen LogP contribution in [0.2, 0.25) is 0 Å². The number of nitrogen functional groups attached to an aromatic ring is 1. The van der Waals surface area contributed by atoms with Crippen molar-refractivity contribution in [3.63, 3.8) is 0 Å². The van der Waals surface area contributed by atoms with Crippen molar-refractivity contribution in [2.45, 2.75) is 19.3 Å². The van der Waals surface area contributed by atoms with Gasteiger partial charge in [0, 0.05) is 12.1 Å². The third-order valence-electron chi connectivity index (χ3n) is 2.24. The lowest BCUT2D eigenvalue weighted by molar-refractivity contribution is -0.117. The summed E-state index contributed by atoms with van der Waals surface area (Å²) < 4.78 is 67.6. The number of rotatable bonds is 6. The topological polar surface area (TPSA) is 47.3 Å². The van der Waals surface area contributed by atoms with Crippen molar-refractivity contribution >= 4 is 11.4 Å². The molecular formula is C11H13F5N2O. The van der Waals surface area contributed by atoms with E-state index < -0.39 is 24.7 Å². The minimum Gasteiger partial charge on any atom is -0.491 e. The maximum absolute atomic E-state index is 13.3. The fourth-order valence-corrected chi connectivity index (χ4v) is 1.28. The van der Waals surface area contributed by atoms with Gasteiger partial charge in [0.2, 0.25) is 0 Å². The lowest BCUT2D eigenvalue weighted by Crippen LogP contribution is -2.35. The Kier molecular flexibility index (Phi) is 4.79. The first-order valence-electron chi connectivity index (χ1n) is 5.39. The number of halogens is 5. The highest BCUT2D eigenvalue weighted by Crippen LogP contribution is 2.30. The second-order valence-electron chi connectivity index (χ2n) is 3.72. The summed E-state index contributed by atoms with van der Waals surface area (Å²) in [7, 11) is 0. The second-order valence-corrected chi connectivity index (χ2v) is 3.72. The molecule has 0 amide bonds. The highest BCUT2D eigenvalue weighted by molar-refractivity contribution is 5.68. The molecule has 0 unspecified atom stereocenters. The van der Waals surface area contributed by atoms with Gasteiger partial charge in [-0.3, -0.25) is 0 Å². The average Bonchev–Trinajstić information content (AvgIpc) is 2.31. The molecule has 0 bridgehead atoms. The van der Waals surface area contributed by atoms with Crippen LogP contribution in [0.4, 0.5) is 33.3 Å². The summed E-state index contributed by atoms with van der Waals surface area (Å²) in [6, 6.07) is 1.92. The Hall–Kier alpha value is -1.73. The number of ether oxygens (including phenoxy) is 1. The molecule has 1 aromatic carbocycles. The van der Waals surface area contributed by atoms with Gasteiger partial charge in [0.1, 0.15) is 0 Å². The van der Waals surface area contributed by atoms with E-state index in [1.807, 2.05) is 0 Å². The van der Waals surface area contributed by atoms with Crippen molar-refractivity contribution in [1.82, 2.24) is 0 Å². The Morgan fingerprint density at radius 1 is 1.37 bits per heavy atom. The third kappa shape index (κ3) is 3.87. The van der Waals surface area contributed by atoms with Gasteiger partial charge in [0.15, 0.2) is 11.6 Å². The number of anilines is 2. The number of alkyl halides is 4. The molecule has 1 rings (SSSR count). The molecule has 0 saturated heterocycles. The smallest absolute Gasteiger partial charge is 0.324 e. The molecule has 3 nitrogen and oxygen atoms in total. The summed E-state index contributed by atoms with van der Waals surface area (Å²) in [5.74, 6) is -5.16. The molecule has 0 saturated carbocycles. The van der Waals surface area contributed by atoms with E-state index in [2.05, 4.69) is 5.32 Å². The van der Waals surface area contributed by atoms with Crippen LogP contribution in [0.5, 0.6) is 5.75 Å². The van der Waals surface area contributed by atoms with Gasteiger partial charge < -0.3 is 15.8 Å². The van der Waals surface area contributed by atoms with Crippen LogP contribution >= 0.6 is 0 Å². The van der Waals surface area contributed by atoms with Gasteiger partial charge in [-0.1, -0.05) is 0 Å². The average molecular weight is 284 g/mol. The highest BCUT2D eigenvalue weighted by Gasteiger charge is 2.40. The largest absolute Gasteiger partial charge is 0.491 e. The zero-order valence-corrected chi connectivity index (χ0v) is 10.0.